The zero-order valence-electron chi connectivity index (χ0n) is 10.6. The molecule has 1 aromatic carbocycles. The van der Waals surface area contributed by atoms with Gasteiger partial charge in [-0.3, -0.25) is 4.90 Å². The van der Waals surface area contributed by atoms with Gasteiger partial charge in [0.05, 0.1) is 12.2 Å². The van der Waals surface area contributed by atoms with E-state index in [1.165, 1.54) is 12.1 Å². The van der Waals surface area contributed by atoms with E-state index in [1.54, 1.807) is 13.2 Å². The molecule has 0 heterocycles. The third kappa shape index (κ3) is 4.09. The minimum atomic E-state index is -1.24. The van der Waals surface area contributed by atoms with E-state index in [1.807, 2.05) is 6.92 Å². The Balaban J connectivity index is 2.77. The molecule has 0 atom stereocenters. The lowest BCUT2D eigenvalue weighted by atomic mass is 10.1. The van der Waals surface area contributed by atoms with Crippen LogP contribution >= 0.6 is 0 Å². The van der Waals surface area contributed by atoms with Crippen molar-refractivity contribution >= 4 is 5.97 Å². The van der Waals surface area contributed by atoms with Crippen LogP contribution in [0.15, 0.2) is 18.2 Å². The van der Waals surface area contributed by atoms with Gasteiger partial charge in [-0.25, -0.2) is 9.18 Å². The largest absolute Gasteiger partial charge is 0.478 e. The molecule has 1 rings (SSSR count). The normalized spacial score (nSPS) is 10.9. The molecular weight excluding hydrogens is 237 g/mol. The summed E-state index contributed by atoms with van der Waals surface area (Å²) in [6.07, 6.45) is 0. The first-order chi connectivity index (χ1) is 8.58. The molecule has 0 aromatic heterocycles. The van der Waals surface area contributed by atoms with E-state index in [2.05, 4.69) is 4.90 Å². The smallest absolute Gasteiger partial charge is 0.338 e. The Kier molecular flexibility index (Phi) is 5.74. The van der Waals surface area contributed by atoms with Crippen LogP contribution in [0, 0.1) is 5.82 Å². The number of carboxylic acids is 1. The number of carboxylic acid groups (broad SMARTS) is 1. The van der Waals surface area contributed by atoms with Crippen molar-refractivity contribution in [2.75, 3.05) is 26.8 Å². The van der Waals surface area contributed by atoms with Gasteiger partial charge in [0, 0.05) is 20.2 Å². The SMILES string of the molecule is CCN(CCOC)Cc1ccc(F)c(C(=O)O)c1. The van der Waals surface area contributed by atoms with Crippen LogP contribution in [0.1, 0.15) is 22.8 Å². The van der Waals surface area contributed by atoms with Gasteiger partial charge in [-0.2, -0.15) is 0 Å². The Bertz CT molecular complexity index is 409. The molecule has 4 nitrogen and oxygen atoms in total. The van der Waals surface area contributed by atoms with Gasteiger partial charge in [0.2, 0.25) is 0 Å². The summed E-state index contributed by atoms with van der Waals surface area (Å²) in [6, 6.07) is 4.19. The van der Waals surface area contributed by atoms with E-state index in [-0.39, 0.29) is 5.56 Å². The van der Waals surface area contributed by atoms with Crippen LogP contribution in [-0.2, 0) is 11.3 Å². The number of hydrogen-bond acceptors (Lipinski definition) is 3. The monoisotopic (exact) mass is 255 g/mol. The number of halogens is 1. The molecule has 18 heavy (non-hydrogen) atoms. The lowest BCUT2D eigenvalue weighted by Crippen LogP contribution is -2.26. The number of hydrogen-bond donors (Lipinski definition) is 1. The molecule has 0 saturated carbocycles. The standard InChI is InChI=1S/C13H18FNO3/c1-3-15(6-7-18-2)9-10-4-5-12(14)11(8-10)13(16)17/h4-5,8H,3,6-7,9H2,1-2H3,(H,16,17). The van der Waals surface area contributed by atoms with Crippen LogP contribution in [-0.4, -0.2) is 42.8 Å². The molecule has 0 aliphatic heterocycles. The molecule has 0 aliphatic carbocycles. The molecule has 0 spiro atoms. The average Bonchev–Trinajstić information content (AvgIpc) is 2.36. The van der Waals surface area contributed by atoms with Gasteiger partial charge < -0.3 is 9.84 Å². The lowest BCUT2D eigenvalue weighted by molar-refractivity contribution is 0.0691. The van der Waals surface area contributed by atoms with E-state index in [9.17, 15) is 9.18 Å². The van der Waals surface area contributed by atoms with Crippen LogP contribution in [0.25, 0.3) is 0 Å². The number of aromatic carboxylic acids is 1. The number of methoxy groups -OCH3 is 1. The molecule has 0 fully saturated rings. The van der Waals surface area contributed by atoms with E-state index in [4.69, 9.17) is 9.84 Å². The van der Waals surface area contributed by atoms with E-state index in [0.717, 1.165) is 18.7 Å². The number of ether oxygens (including phenoxy) is 1. The summed E-state index contributed by atoms with van der Waals surface area (Å²) in [7, 11) is 1.63. The summed E-state index contributed by atoms with van der Waals surface area (Å²) in [5.74, 6) is -1.94. The summed E-state index contributed by atoms with van der Waals surface area (Å²) in [6.45, 7) is 4.79. The molecule has 5 heteroatoms. The molecule has 0 aliphatic rings. The summed E-state index contributed by atoms with van der Waals surface area (Å²) in [5, 5.41) is 8.85. The number of rotatable bonds is 7. The van der Waals surface area contributed by atoms with Crippen molar-refractivity contribution < 1.29 is 19.0 Å². The number of nitrogens with zero attached hydrogens (tertiary/aromatic N) is 1. The second kappa shape index (κ2) is 7.08. The van der Waals surface area contributed by atoms with Gasteiger partial charge in [-0.05, 0) is 24.2 Å². The Morgan fingerprint density at radius 2 is 2.22 bits per heavy atom. The highest BCUT2D eigenvalue weighted by atomic mass is 19.1. The second-order valence-corrected chi connectivity index (χ2v) is 3.98. The first-order valence-corrected chi connectivity index (χ1v) is 5.81. The predicted octanol–water partition coefficient (Wildman–Crippen LogP) is 1.99. The molecule has 0 amide bonds. The van der Waals surface area contributed by atoms with Gasteiger partial charge >= 0.3 is 5.97 Å². The van der Waals surface area contributed by atoms with Crippen LogP contribution in [0.3, 0.4) is 0 Å². The Labute approximate surface area is 106 Å². The van der Waals surface area contributed by atoms with Crippen molar-refractivity contribution in [3.63, 3.8) is 0 Å². The van der Waals surface area contributed by atoms with Gasteiger partial charge in [0.1, 0.15) is 5.82 Å². The fraction of sp³-hybridized carbons (Fsp3) is 0.462. The molecule has 0 bridgehead atoms. The first-order valence-electron chi connectivity index (χ1n) is 5.81. The highest BCUT2D eigenvalue weighted by Gasteiger charge is 2.12. The number of carbonyl (C=O) groups is 1. The topological polar surface area (TPSA) is 49.8 Å². The highest BCUT2D eigenvalue weighted by molar-refractivity contribution is 5.88. The van der Waals surface area contributed by atoms with Gasteiger partial charge in [-0.1, -0.05) is 13.0 Å². The maximum Gasteiger partial charge on any atom is 0.338 e. The Morgan fingerprint density at radius 1 is 1.50 bits per heavy atom. The van der Waals surface area contributed by atoms with Gasteiger partial charge in [-0.15, -0.1) is 0 Å². The highest BCUT2D eigenvalue weighted by Crippen LogP contribution is 2.12. The van der Waals surface area contributed by atoms with E-state index >= 15 is 0 Å². The molecule has 0 unspecified atom stereocenters. The first kappa shape index (κ1) is 14.6. The van der Waals surface area contributed by atoms with Crippen molar-refractivity contribution in [3.05, 3.63) is 35.1 Å². The molecule has 100 valence electrons. The lowest BCUT2D eigenvalue weighted by Gasteiger charge is -2.20. The van der Waals surface area contributed by atoms with Crippen molar-refractivity contribution in [2.24, 2.45) is 0 Å². The molecule has 0 radical (unpaired) electrons. The summed E-state index contributed by atoms with van der Waals surface area (Å²) < 4.78 is 18.2. The Hall–Kier alpha value is -1.46. The van der Waals surface area contributed by atoms with Crippen LogP contribution < -0.4 is 0 Å². The minimum Gasteiger partial charge on any atom is -0.478 e. The second-order valence-electron chi connectivity index (χ2n) is 3.98. The fourth-order valence-electron chi connectivity index (χ4n) is 1.66. The number of likely N-dealkylation sites (N-methyl/N-ethyl adjacent to an activating group) is 1. The van der Waals surface area contributed by atoms with Crippen LogP contribution in [0.5, 0.6) is 0 Å². The zero-order chi connectivity index (χ0) is 13.5. The quantitative estimate of drug-likeness (QED) is 0.809. The predicted molar refractivity (Wildman–Crippen MR) is 66.2 cm³/mol. The number of benzene rings is 1. The molecule has 1 aromatic rings. The van der Waals surface area contributed by atoms with Crippen molar-refractivity contribution in [1.29, 1.82) is 0 Å². The maximum absolute atomic E-state index is 13.2. The fourth-order valence-corrected chi connectivity index (χ4v) is 1.66. The third-order valence-corrected chi connectivity index (χ3v) is 2.73. The van der Waals surface area contributed by atoms with E-state index < -0.39 is 11.8 Å². The third-order valence-electron chi connectivity index (χ3n) is 2.73. The van der Waals surface area contributed by atoms with Crippen LogP contribution in [0.2, 0.25) is 0 Å². The zero-order valence-corrected chi connectivity index (χ0v) is 10.6. The molecule has 1 N–H and O–H groups in total. The van der Waals surface area contributed by atoms with Crippen molar-refractivity contribution in [2.45, 2.75) is 13.5 Å². The average molecular weight is 255 g/mol. The molecule has 0 saturated heterocycles. The van der Waals surface area contributed by atoms with Crippen molar-refractivity contribution in [3.8, 4) is 0 Å². The summed E-state index contributed by atoms with van der Waals surface area (Å²) >= 11 is 0. The van der Waals surface area contributed by atoms with Gasteiger partial charge in [0.25, 0.3) is 0 Å². The summed E-state index contributed by atoms with van der Waals surface area (Å²) in [5.41, 5.74) is 0.502. The minimum absolute atomic E-state index is 0.282. The summed E-state index contributed by atoms with van der Waals surface area (Å²) in [4.78, 5) is 12.9. The van der Waals surface area contributed by atoms with Gasteiger partial charge in [0.15, 0.2) is 0 Å². The van der Waals surface area contributed by atoms with Crippen molar-refractivity contribution in [1.82, 2.24) is 4.90 Å². The van der Waals surface area contributed by atoms with Crippen LogP contribution in [0.4, 0.5) is 4.39 Å². The molecular formula is C13H18FNO3. The Morgan fingerprint density at radius 3 is 2.78 bits per heavy atom. The van der Waals surface area contributed by atoms with E-state index in [0.29, 0.717) is 13.2 Å². The maximum atomic E-state index is 13.2.